The Morgan fingerprint density at radius 2 is 0.898 bits per heavy atom. The smallest absolute Gasteiger partial charge is 0.434 e. The molecule has 6 saturated heterocycles. The molecule has 32 nitrogen and oxygen atoms in total. The molecular formula is C60H89F6N9O23. The van der Waals surface area contributed by atoms with Crippen molar-refractivity contribution in [3.8, 4) is 0 Å². The lowest BCUT2D eigenvalue weighted by atomic mass is 9.88. The topological polar surface area (TPSA) is 355 Å². The van der Waals surface area contributed by atoms with Crippen molar-refractivity contribution in [2.24, 2.45) is 0 Å². The van der Waals surface area contributed by atoms with E-state index in [0.29, 0.717) is 12.4 Å². The van der Waals surface area contributed by atoms with E-state index in [-0.39, 0.29) is 201 Å². The van der Waals surface area contributed by atoms with Gasteiger partial charge in [0.05, 0.1) is 183 Å². The number of halogens is 6. The van der Waals surface area contributed by atoms with Gasteiger partial charge in [-0.15, -0.1) is 0 Å². The summed E-state index contributed by atoms with van der Waals surface area (Å²) in [5, 5.41) is 14.0. The zero-order valence-electron chi connectivity index (χ0n) is 55.3. The van der Waals surface area contributed by atoms with Crippen LogP contribution in [-0.4, -0.2) is 287 Å². The van der Waals surface area contributed by atoms with E-state index in [0.717, 1.165) is 0 Å². The molecule has 6 aliphatic heterocycles. The number of nitrogens with one attached hydrogen (secondary N) is 5. The number of ether oxygens (including phenoxy) is 19. The van der Waals surface area contributed by atoms with Crippen LogP contribution in [0.15, 0.2) is 24.8 Å². The minimum absolute atomic E-state index is 0.00534. The Hall–Kier alpha value is -5.50. The van der Waals surface area contributed by atoms with E-state index in [2.05, 4.69) is 46.5 Å². The zero-order chi connectivity index (χ0) is 70.2. The highest BCUT2D eigenvalue weighted by atomic mass is 19.4. The lowest BCUT2D eigenvalue weighted by molar-refractivity contribution is -0.208. The Kier molecular flexibility index (Phi) is 29.9. The van der Waals surface area contributed by atoms with Gasteiger partial charge in [-0.05, 0) is 34.6 Å². The number of anilines is 2. The fraction of sp³-hybridized carbons (Fsp3) is 0.800. The second-order valence-electron chi connectivity index (χ2n) is 24.1. The van der Waals surface area contributed by atoms with Crippen LogP contribution in [0.4, 0.5) is 38.0 Å². The molecule has 0 aliphatic carbocycles. The quantitative estimate of drug-likeness (QED) is 0.0271. The Labute approximate surface area is 561 Å². The maximum absolute atomic E-state index is 13.3. The maximum Gasteiger partial charge on any atom is 0.434 e. The van der Waals surface area contributed by atoms with Crippen molar-refractivity contribution in [1.82, 2.24) is 35.9 Å². The van der Waals surface area contributed by atoms with Crippen molar-refractivity contribution in [3.63, 3.8) is 0 Å². The molecule has 3 amide bonds. The number of carbonyl (C=O) groups excluding carboxylic acids is 4. The first kappa shape index (κ1) is 78.2. The first-order valence-electron chi connectivity index (χ1n) is 32.2. The first-order chi connectivity index (χ1) is 46.9. The third kappa shape index (κ3) is 24.1. The van der Waals surface area contributed by atoms with Crippen LogP contribution >= 0.6 is 0 Å². The summed E-state index contributed by atoms with van der Waals surface area (Å²) in [6.45, 7) is 12.9. The van der Waals surface area contributed by atoms with Gasteiger partial charge in [-0.25, -0.2) is 9.97 Å². The number of aromatic nitrogens is 4. The summed E-state index contributed by atoms with van der Waals surface area (Å²) < 4.78 is 191. The Bertz CT molecular complexity index is 2650. The number of rotatable bonds is 46. The van der Waals surface area contributed by atoms with Crippen LogP contribution < -0.4 is 26.6 Å². The zero-order valence-corrected chi connectivity index (χ0v) is 55.3. The molecule has 5 N–H and O–H groups in total. The number of fused-ring (bicyclic) bond motifs is 8. The summed E-state index contributed by atoms with van der Waals surface area (Å²) in [7, 11) is 0. The molecule has 10 atom stereocenters. The van der Waals surface area contributed by atoms with E-state index in [1.54, 1.807) is 34.6 Å². The molecule has 554 valence electrons. The summed E-state index contributed by atoms with van der Waals surface area (Å²) in [6.07, 6.45) is -10.8. The standard InChI is InChI=1S/C60H89F6N9O23/c1-6-90-46(79)27-45(78)71-38(32-86-11-7-43(76)69-9-13-80-15-17-82-19-21-84-23-25-88-34-57-36-91-53(97-57)47(49-51(57)95-55(2,3)93-49)74-41-30-67-28-39(72-41)59(61,62)63)33-87-12-8-44(77)70-10-14-81-16-18-83-20-22-85-24-26-89-35-58-37-92-54(98-58)48(50-52(58)96-56(4,5)94-50)75-42-31-68-29-40(73-42)60(64,65)66/h28-31,38,47-54H,6-27,32-37H2,1-5H3,(H,69,76)(H,70,77)(H,71,78)(H,72,74)(H,73,75)/t47-,48-,49-,50-,51-,52-,53+,54+,57+,58+/m1/s1. The van der Waals surface area contributed by atoms with Gasteiger partial charge in [0.25, 0.3) is 0 Å². The molecule has 8 heterocycles. The van der Waals surface area contributed by atoms with Gasteiger partial charge in [-0.1, -0.05) is 0 Å². The second-order valence-corrected chi connectivity index (χ2v) is 24.1. The molecular weight excluding hydrogens is 1330 g/mol. The minimum Gasteiger partial charge on any atom is -0.466 e. The van der Waals surface area contributed by atoms with Crippen molar-refractivity contribution in [2.45, 2.75) is 144 Å². The first-order valence-corrected chi connectivity index (χ1v) is 32.2. The number of alkyl halides is 6. The molecule has 0 saturated carbocycles. The van der Waals surface area contributed by atoms with E-state index in [1.165, 1.54) is 12.4 Å². The number of amides is 3. The second kappa shape index (κ2) is 37.4. The van der Waals surface area contributed by atoms with Crippen molar-refractivity contribution < 1.29 is 136 Å². The Balaban J connectivity index is 0.585. The van der Waals surface area contributed by atoms with Crippen LogP contribution in [0.5, 0.6) is 0 Å². The molecule has 0 unspecified atom stereocenters. The van der Waals surface area contributed by atoms with Gasteiger partial charge in [0.2, 0.25) is 17.7 Å². The largest absolute Gasteiger partial charge is 0.466 e. The molecule has 4 bridgehead atoms. The van der Waals surface area contributed by atoms with Gasteiger partial charge in [-0.2, -0.15) is 26.3 Å². The van der Waals surface area contributed by atoms with Crippen LogP contribution in [0.25, 0.3) is 0 Å². The average Bonchev–Trinajstić information content (AvgIpc) is 1.58. The number of carbonyl (C=O) groups is 4. The fourth-order valence-corrected chi connectivity index (χ4v) is 11.1. The monoisotopic (exact) mass is 1420 g/mol. The maximum atomic E-state index is 13.3. The number of hydrogen-bond donors (Lipinski definition) is 5. The number of hydrogen-bond acceptors (Lipinski definition) is 29. The van der Waals surface area contributed by atoms with E-state index >= 15 is 0 Å². The SMILES string of the molecule is CCOC(=O)CC(=O)NC(COCCC(=O)NCCOCCOCCOCCOC[C@@]12CO[C@@H](O1)[C@H](Nc1cncc(C(F)(F)F)n1)[C@H]1OC(C)(C)O[C@H]12)COCCC(=O)NCCOCCOCCOCCOC[C@@]12CO[C@@H](O1)[C@H](Nc1cncc(C(F)(F)F)n1)[C@H]1OC(C)(C)O[C@H]12. The molecule has 6 fully saturated rings. The van der Waals surface area contributed by atoms with Crippen LogP contribution in [0.3, 0.4) is 0 Å². The number of esters is 1. The molecule has 0 radical (unpaired) electrons. The molecule has 2 aromatic heterocycles. The molecule has 0 aromatic carbocycles. The summed E-state index contributed by atoms with van der Waals surface area (Å²) >= 11 is 0. The third-order valence-corrected chi connectivity index (χ3v) is 15.4. The van der Waals surface area contributed by atoms with Crippen molar-refractivity contribution in [3.05, 3.63) is 36.2 Å². The van der Waals surface area contributed by atoms with Gasteiger partial charge in [0.15, 0.2) is 35.5 Å². The highest BCUT2D eigenvalue weighted by molar-refractivity contribution is 5.94. The van der Waals surface area contributed by atoms with Gasteiger partial charge in [0, 0.05) is 25.9 Å². The Morgan fingerprint density at radius 3 is 1.29 bits per heavy atom. The van der Waals surface area contributed by atoms with Crippen LogP contribution in [0.1, 0.15) is 65.3 Å². The lowest BCUT2D eigenvalue weighted by Crippen LogP contribution is -2.63. The predicted molar refractivity (Wildman–Crippen MR) is 320 cm³/mol. The summed E-state index contributed by atoms with van der Waals surface area (Å²) in [4.78, 5) is 64.1. The predicted octanol–water partition coefficient (Wildman–Crippen LogP) is 1.47. The number of nitrogens with zero attached hydrogens (tertiary/aromatic N) is 4. The van der Waals surface area contributed by atoms with Crippen LogP contribution in [-0.2, 0) is 122 Å². The molecule has 38 heteroatoms. The summed E-state index contributed by atoms with van der Waals surface area (Å²) in [5.74, 6) is -4.23. The molecule has 2 aromatic rings. The molecule has 6 aliphatic rings. The van der Waals surface area contributed by atoms with Crippen molar-refractivity contribution >= 4 is 35.3 Å². The van der Waals surface area contributed by atoms with E-state index in [9.17, 15) is 45.5 Å². The van der Waals surface area contributed by atoms with Crippen LogP contribution in [0, 0.1) is 0 Å². The molecule has 98 heavy (non-hydrogen) atoms. The highest BCUT2D eigenvalue weighted by Gasteiger charge is 2.67. The van der Waals surface area contributed by atoms with Gasteiger partial charge in [0.1, 0.15) is 65.8 Å². The van der Waals surface area contributed by atoms with Gasteiger partial charge in [-0.3, -0.25) is 29.1 Å². The minimum atomic E-state index is -4.68. The van der Waals surface area contributed by atoms with E-state index < -0.39 is 120 Å². The van der Waals surface area contributed by atoms with E-state index in [1.807, 2.05) is 0 Å². The fourth-order valence-electron chi connectivity index (χ4n) is 11.1. The van der Waals surface area contributed by atoms with Crippen molar-refractivity contribution in [1.29, 1.82) is 0 Å². The molecule has 8 rings (SSSR count). The summed E-state index contributed by atoms with van der Waals surface area (Å²) in [6, 6.07) is -2.25. The van der Waals surface area contributed by atoms with Crippen molar-refractivity contribution in [2.75, 3.05) is 176 Å². The Morgan fingerprint density at radius 1 is 0.510 bits per heavy atom. The third-order valence-electron chi connectivity index (χ3n) is 15.4. The van der Waals surface area contributed by atoms with Gasteiger partial charge < -0.3 is 117 Å². The average molecular weight is 1420 g/mol. The lowest BCUT2D eigenvalue weighted by Gasteiger charge is -2.42. The van der Waals surface area contributed by atoms with Crippen LogP contribution in [0.2, 0.25) is 0 Å². The highest BCUT2D eigenvalue weighted by Crippen LogP contribution is 2.49. The summed E-state index contributed by atoms with van der Waals surface area (Å²) in [5.41, 5.74) is -4.39. The van der Waals surface area contributed by atoms with Gasteiger partial charge >= 0.3 is 18.3 Å². The normalized spacial score (nSPS) is 25.8. The van der Waals surface area contributed by atoms with E-state index in [4.69, 9.17) is 90.0 Å². The molecule has 0 spiro atoms.